The minimum absolute atomic E-state index is 0.104. The molecule has 0 bridgehead atoms. The zero-order valence-electron chi connectivity index (χ0n) is 11.6. The second-order valence-electron chi connectivity index (χ2n) is 4.79. The van der Waals surface area contributed by atoms with Crippen LogP contribution in [0.3, 0.4) is 0 Å². The molecule has 3 N–H and O–H groups in total. The van der Waals surface area contributed by atoms with E-state index in [0.29, 0.717) is 18.7 Å². The smallest absolute Gasteiger partial charge is 0.253 e. The van der Waals surface area contributed by atoms with Crippen molar-refractivity contribution in [2.45, 2.75) is 19.9 Å². The monoisotopic (exact) mass is 269 g/mol. The molecule has 1 aromatic heterocycles. The molecule has 0 fully saturated rings. The Morgan fingerprint density at radius 3 is 2.55 bits per heavy atom. The molecule has 0 aliphatic rings. The summed E-state index contributed by atoms with van der Waals surface area (Å²) < 4.78 is 0. The Kier molecular flexibility index (Phi) is 4.85. The van der Waals surface area contributed by atoms with Crippen molar-refractivity contribution in [2.75, 3.05) is 6.54 Å². The predicted molar refractivity (Wildman–Crippen MR) is 79.3 cm³/mol. The third-order valence-corrected chi connectivity index (χ3v) is 3.05. The Bertz CT molecular complexity index is 579. The lowest BCUT2D eigenvalue weighted by molar-refractivity contribution is 0.0950. The van der Waals surface area contributed by atoms with Gasteiger partial charge in [0.1, 0.15) is 0 Å². The summed E-state index contributed by atoms with van der Waals surface area (Å²) in [6, 6.07) is 9.94. The van der Waals surface area contributed by atoms with Crippen molar-refractivity contribution in [1.29, 1.82) is 0 Å². The molecule has 0 aliphatic heterocycles. The number of nitrogens with two attached hydrogens (primary N) is 1. The van der Waals surface area contributed by atoms with Crippen LogP contribution in [0.1, 0.15) is 27.0 Å². The van der Waals surface area contributed by atoms with Crippen LogP contribution in [0, 0.1) is 6.92 Å². The van der Waals surface area contributed by atoms with Crippen molar-refractivity contribution < 1.29 is 4.79 Å². The number of nitrogens with one attached hydrogen (secondary N) is 1. The van der Waals surface area contributed by atoms with Gasteiger partial charge in [0.15, 0.2) is 0 Å². The number of pyridine rings is 1. The third-order valence-electron chi connectivity index (χ3n) is 3.05. The molecule has 4 heteroatoms. The van der Waals surface area contributed by atoms with E-state index in [-0.39, 0.29) is 5.91 Å². The van der Waals surface area contributed by atoms with Crippen LogP contribution in [0.4, 0.5) is 0 Å². The normalized spacial score (nSPS) is 10.3. The van der Waals surface area contributed by atoms with E-state index < -0.39 is 0 Å². The highest BCUT2D eigenvalue weighted by Crippen LogP contribution is 2.06. The van der Waals surface area contributed by atoms with Gasteiger partial charge < -0.3 is 11.1 Å². The maximum Gasteiger partial charge on any atom is 0.253 e. The number of hydrogen-bond acceptors (Lipinski definition) is 3. The maximum absolute atomic E-state index is 12.0. The molecule has 104 valence electrons. The van der Waals surface area contributed by atoms with Gasteiger partial charge in [-0.3, -0.25) is 9.78 Å². The van der Waals surface area contributed by atoms with Crippen LogP contribution in [0.5, 0.6) is 0 Å². The number of nitrogens with zero attached hydrogens (tertiary/aromatic N) is 1. The van der Waals surface area contributed by atoms with Gasteiger partial charge in [-0.05, 0) is 42.6 Å². The van der Waals surface area contributed by atoms with E-state index in [1.165, 1.54) is 5.56 Å². The van der Waals surface area contributed by atoms with E-state index in [9.17, 15) is 4.79 Å². The number of aromatic nitrogens is 1. The van der Waals surface area contributed by atoms with Crippen LogP contribution in [-0.4, -0.2) is 17.4 Å². The average molecular weight is 269 g/mol. The highest BCUT2D eigenvalue weighted by atomic mass is 16.1. The minimum Gasteiger partial charge on any atom is -0.348 e. The Balaban J connectivity index is 1.93. The van der Waals surface area contributed by atoms with E-state index in [0.717, 1.165) is 17.5 Å². The Morgan fingerprint density at radius 2 is 1.90 bits per heavy atom. The molecular weight excluding hydrogens is 250 g/mol. The lowest BCUT2D eigenvalue weighted by Gasteiger charge is -2.06. The number of benzene rings is 1. The fourth-order valence-corrected chi connectivity index (χ4v) is 1.95. The van der Waals surface area contributed by atoms with Crippen molar-refractivity contribution in [3.8, 4) is 0 Å². The van der Waals surface area contributed by atoms with Gasteiger partial charge in [0.2, 0.25) is 0 Å². The SMILES string of the molecule is Cc1cncc(C(=O)NCc2ccc(CCN)cc2)c1. The number of aryl methyl sites for hydroxylation is 1. The van der Waals surface area contributed by atoms with Gasteiger partial charge in [0.25, 0.3) is 5.91 Å². The van der Waals surface area contributed by atoms with Crippen molar-refractivity contribution in [3.05, 3.63) is 65.0 Å². The van der Waals surface area contributed by atoms with Gasteiger partial charge in [-0.25, -0.2) is 0 Å². The molecule has 0 saturated carbocycles. The molecule has 20 heavy (non-hydrogen) atoms. The molecule has 0 radical (unpaired) electrons. The van der Waals surface area contributed by atoms with Crippen LogP contribution in [-0.2, 0) is 13.0 Å². The topological polar surface area (TPSA) is 68.0 Å². The third kappa shape index (κ3) is 3.90. The number of hydrogen-bond donors (Lipinski definition) is 2. The predicted octanol–water partition coefficient (Wildman–Crippen LogP) is 1.82. The van der Waals surface area contributed by atoms with Gasteiger partial charge >= 0.3 is 0 Å². The van der Waals surface area contributed by atoms with Crippen molar-refractivity contribution in [1.82, 2.24) is 10.3 Å². The summed E-state index contributed by atoms with van der Waals surface area (Å²) >= 11 is 0. The molecule has 0 unspecified atom stereocenters. The van der Waals surface area contributed by atoms with Crippen molar-refractivity contribution >= 4 is 5.91 Å². The van der Waals surface area contributed by atoms with E-state index in [2.05, 4.69) is 10.3 Å². The largest absolute Gasteiger partial charge is 0.348 e. The summed E-state index contributed by atoms with van der Waals surface area (Å²) in [6.07, 6.45) is 4.18. The summed E-state index contributed by atoms with van der Waals surface area (Å²) in [5, 5.41) is 2.89. The molecule has 1 aromatic carbocycles. The molecule has 4 nitrogen and oxygen atoms in total. The molecule has 0 aliphatic carbocycles. The first-order chi connectivity index (χ1) is 9.69. The summed E-state index contributed by atoms with van der Waals surface area (Å²) in [4.78, 5) is 16.0. The molecule has 1 heterocycles. The first-order valence-electron chi connectivity index (χ1n) is 6.67. The van der Waals surface area contributed by atoms with Crippen molar-refractivity contribution in [2.24, 2.45) is 5.73 Å². The Hall–Kier alpha value is -2.20. The minimum atomic E-state index is -0.104. The van der Waals surface area contributed by atoms with Crippen molar-refractivity contribution in [3.63, 3.8) is 0 Å². The number of amides is 1. The molecule has 1 amide bonds. The lowest BCUT2D eigenvalue weighted by atomic mass is 10.1. The number of carbonyl (C=O) groups is 1. The fraction of sp³-hybridized carbons (Fsp3) is 0.250. The Morgan fingerprint density at radius 1 is 1.20 bits per heavy atom. The van der Waals surface area contributed by atoms with Crippen LogP contribution in [0.2, 0.25) is 0 Å². The standard InChI is InChI=1S/C16H19N3O/c1-12-8-15(11-18-9-12)16(20)19-10-14-4-2-13(3-5-14)6-7-17/h2-5,8-9,11H,6-7,10,17H2,1H3,(H,19,20). The highest BCUT2D eigenvalue weighted by molar-refractivity contribution is 5.93. The maximum atomic E-state index is 12.0. The quantitative estimate of drug-likeness (QED) is 0.870. The van der Waals surface area contributed by atoms with Gasteiger partial charge in [0.05, 0.1) is 5.56 Å². The molecule has 0 spiro atoms. The van der Waals surface area contributed by atoms with Crippen LogP contribution < -0.4 is 11.1 Å². The molecular formula is C16H19N3O. The first-order valence-corrected chi connectivity index (χ1v) is 6.67. The second-order valence-corrected chi connectivity index (χ2v) is 4.79. The van der Waals surface area contributed by atoms with Gasteiger partial charge in [0, 0.05) is 18.9 Å². The second kappa shape index (κ2) is 6.82. The highest BCUT2D eigenvalue weighted by Gasteiger charge is 2.05. The summed E-state index contributed by atoms with van der Waals surface area (Å²) in [7, 11) is 0. The zero-order chi connectivity index (χ0) is 14.4. The van der Waals surface area contributed by atoms with Crippen LogP contribution in [0.15, 0.2) is 42.7 Å². The van der Waals surface area contributed by atoms with Crippen LogP contribution >= 0.6 is 0 Å². The molecule has 2 aromatic rings. The number of rotatable bonds is 5. The number of carbonyl (C=O) groups excluding carboxylic acids is 1. The zero-order valence-corrected chi connectivity index (χ0v) is 11.6. The van der Waals surface area contributed by atoms with Gasteiger partial charge in [-0.15, -0.1) is 0 Å². The average Bonchev–Trinajstić information content (AvgIpc) is 2.46. The molecule has 0 saturated heterocycles. The van der Waals surface area contributed by atoms with E-state index in [1.807, 2.05) is 37.3 Å². The summed E-state index contributed by atoms with van der Waals surface area (Å²) in [5.74, 6) is -0.104. The van der Waals surface area contributed by atoms with Crippen LogP contribution in [0.25, 0.3) is 0 Å². The van der Waals surface area contributed by atoms with E-state index in [4.69, 9.17) is 5.73 Å². The van der Waals surface area contributed by atoms with Gasteiger partial charge in [-0.2, -0.15) is 0 Å². The Labute approximate surface area is 119 Å². The van der Waals surface area contributed by atoms with E-state index >= 15 is 0 Å². The first kappa shape index (κ1) is 14.2. The lowest BCUT2D eigenvalue weighted by Crippen LogP contribution is -2.23. The molecule has 2 rings (SSSR count). The summed E-state index contributed by atoms with van der Waals surface area (Å²) in [6.45, 7) is 3.08. The van der Waals surface area contributed by atoms with Gasteiger partial charge in [-0.1, -0.05) is 24.3 Å². The van der Waals surface area contributed by atoms with E-state index in [1.54, 1.807) is 12.4 Å². The summed E-state index contributed by atoms with van der Waals surface area (Å²) in [5.41, 5.74) is 9.36. The molecule has 0 atom stereocenters. The fourth-order valence-electron chi connectivity index (χ4n) is 1.95.